The summed E-state index contributed by atoms with van der Waals surface area (Å²) < 4.78 is 6.76. The summed E-state index contributed by atoms with van der Waals surface area (Å²) in [5.74, 6) is -0.0993. The van der Waals surface area contributed by atoms with E-state index in [0.717, 1.165) is 16.8 Å². The molecule has 4 aromatic rings. The highest BCUT2D eigenvalue weighted by Crippen LogP contribution is 2.16. The average Bonchev–Trinajstić information content (AvgIpc) is 3.53. The van der Waals surface area contributed by atoms with Crippen molar-refractivity contribution in [2.45, 2.75) is 19.5 Å². The number of hydrogen-bond donors (Lipinski definition) is 3. The van der Waals surface area contributed by atoms with Crippen molar-refractivity contribution >= 4 is 17.6 Å². The van der Waals surface area contributed by atoms with E-state index in [-0.39, 0.29) is 23.7 Å². The van der Waals surface area contributed by atoms with E-state index in [9.17, 15) is 9.59 Å². The molecule has 32 heavy (non-hydrogen) atoms. The molecule has 1 unspecified atom stereocenters. The van der Waals surface area contributed by atoms with Crippen molar-refractivity contribution in [2.75, 3.05) is 5.32 Å². The summed E-state index contributed by atoms with van der Waals surface area (Å²) in [6.45, 7) is 2.23. The van der Waals surface area contributed by atoms with Crippen LogP contribution in [0.15, 0.2) is 84.0 Å². The average molecular weight is 430 g/mol. The second kappa shape index (κ2) is 9.61. The number of aromatic nitrogens is 3. The number of urea groups is 1. The molecule has 3 N–H and O–H groups in total. The lowest BCUT2D eigenvalue weighted by atomic mass is 10.1. The number of rotatable bonds is 7. The molecule has 9 nitrogen and oxygen atoms in total. The Bertz CT molecular complexity index is 1170. The molecule has 9 heteroatoms. The first-order valence-corrected chi connectivity index (χ1v) is 10.0. The van der Waals surface area contributed by atoms with Crippen LogP contribution in [0.3, 0.4) is 0 Å². The number of hydrogen-bond acceptors (Lipinski definition) is 5. The third-order valence-electron chi connectivity index (χ3n) is 4.81. The van der Waals surface area contributed by atoms with E-state index < -0.39 is 0 Å². The first kappa shape index (κ1) is 20.9. The van der Waals surface area contributed by atoms with Crippen molar-refractivity contribution in [1.29, 1.82) is 0 Å². The third kappa shape index (κ3) is 5.20. The Kier molecular flexibility index (Phi) is 6.26. The molecule has 4 rings (SSSR count). The normalized spacial score (nSPS) is 11.5. The van der Waals surface area contributed by atoms with Gasteiger partial charge in [-0.3, -0.25) is 4.79 Å². The number of nitrogens with zero attached hydrogens (tertiary/aromatic N) is 3. The smallest absolute Gasteiger partial charge is 0.315 e. The molecule has 0 aliphatic rings. The van der Waals surface area contributed by atoms with Crippen molar-refractivity contribution in [3.8, 4) is 5.69 Å². The number of furan rings is 1. The van der Waals surface area contributed by atoms with Crippen molar-refractivity contribution in [2.24, 2.45) is 0 Å². The zero-order chi connectivity index (χ0) is 22.3. The molecule has 1 atom stereocenters. The zero-order valence-electron chi connectivity index (χ0n) is 17.4. The molecule has 162 valence electrons. The summed E-state index contributed by atoms with van der Waals surface area (Å²) in [4.78, 5) is 28.4. The van der Waals surface area contributed by atoms with Crippen molar-refractivity contribution in [1.82, 2.24) is 25.4 Å². The molecular weight excluding hydrogens is 408 g/mol. The van der Waals surface area contributed by atoms with Crippen LogP contribution in [-0.2, 0) is 6.54 Å². The van der Waals surface area contributed by atoms with Gasteiger partial charge in [-0.25, -0.2) is 14.5 Å². The molecule has 2 aromatic heterocycles. The fraction of sp³-hybridized carbons (Fsp3) is 0.130. The van der Waals surface area contributed by atoms with Crippen molar-refractivity contribution < 1.29 is 14.0 Å². The third-order valence-corrected chi connectivity index (χ3v) is 4.81. The van der Waals surface area contributed by atoms with Gasteiger partial charge in [-0.1, -0.05) is 24.3 Å². The van der Waals surface area contributed by atoms with E-state index in [1.165, 1.54) is 12.6 Å². The number of nitrogens with one attached hydrogen (secondary N) is 3. The molecule has 0 spiro atoms. The van der Waals surface area contributed by atoms with Gasteiger partial charge in [0.15, 0.2) is 5.76 Å². The molecular formula is C23H22N6O3. The fourth-order valence-electron chi connectivity index (χ4n) is 3.13. The largest absolute Gasteiger partial charge is 0.459 e. The molecule has 0 radical (unpaired) electrons. The van der Waals surface area contributed by atoms with Gasteiger partial charge >= 0.3 is 6.03 Å². The quantitative estimate of drug-likeness (QED) is 0.414. The van der Waals surface area contributed by atoms with E-state index in [2.05, 4.69) is 26.0 Å². The van der Waals surface area contributed by atoms with Crippen molar-refractivity contribution in [3.63, 3.8) is 0 Å². The number of carbonyl (C=O) groups is 2. The molecule has 0 saturated carbocycles. The molecule has 0 bridgehead atoms. The Balaban J connectivity index is 1.28. The Morgan fingerprint density at radius 2 is 1.94 bits per heavy atom. The molecule has 2 aromatic carbocycles. The van der Waals surface area contributed by atoms with Crippen LogP contribution in [0.2, 0.25) is 0 Å². The number of amides is 3. The Morgan fingerprint density at radius 3 is 2.66 bits per heavy atom. The van der Waals surface area contributed by atoms with E-state index >= 15 is 0 Å². The lowest BCUT2D eigenvalue weighted by molar-refractivity contribution is 0.0996. The maximum atomic E-state index is 12.3. The summed E-state index contributed by atoms with van der Waals surface area (Å²) in [5.41, 5.74) is 3.32. The minimum atomic E-state index is -0.332. The summed E-state index contributed by atoms with van der Waals surface area (Å²) in [7, 11) is 0. The summed E-state index contributed by atoms with van der Waals surface area (Å²) >= 11 is 0. The van der Waals surface area contributed by atoms with Gasteiger partial charge in [0.2, 0.25) is 0 Å². The highest BCUT2D eigenvalue weighted by Gasteiger charge is 2.11. The number of anilines is 1. The molecule has 0 aliphatic heterocycles. The van der Waals surface area contributed by atoms with Crippen LogP contribution in [0.1, 0.15) is 34.6 Å². The van der Waals surface area contributed by atoms with Crippen LogP contribution in [0.25, 0.3) is 5.69 Å². The van der Waals surface area contributed by atoms with Crippen LogP contribution in [0.4, 0.5) is 10.5 Å². The Hall–Kier alpha value is -4.40. The van der Waals surface area contributed by atoms with Gasteiger partial charge in [0.25, 0.3) is 5.91 Å². The molecule has 0 aliphatic carbocycles. The second-order valence-electron chi connectivity index (χ2n) is 7.11. The fourth-order valence-corrected chi connectivity index (χ4v) is 3.13. The standard InChI is InChI=1S/C23H22N6O3/c1-16(18-7-9-20(10-8-18)29-15-24-14-26-29)27-23(31)25-13-17-4-2-5-19(12-17)28-22(30)21-6-3-11-32-21/h2-12,14-16H,13H2,1H3,(H,28,30)(H2,25,27,31). The van der Waals surface area contributed by atoms with Crippen LogP contribution in [0.5, 0.6) is 0 Å². The number of benzene rings is 2. The predicted molar refractivity (Wildman–Crippen MR) is 118 cm³/mol. The van der Waals surface area contributed by atoms with E-state index in [0.29, 0.717) is 12.2 Å². The molecule has 2 heterocycles. The summed E-state index contributed by atoms with van der Waals surface area (Å²) in [6, 6.07) is 17.7. The SMILES string of the molecule is CC(NC(=O)NCc1cccc(NC(=O)c2ccco2)c1)c1ccc(-n2cncn2)cc1. The van der Waals surface area contributed by atoms with Crippen LogP contribution in [0, 0.1) is 0 Å². The van der Waals surface area contributed by atoms with Gasteiger partial charge in [0.1, 0.15) is 12.7 Å². The van der Waals surface area contributed by atoms with Gasteiger partial charge in [0, 0.05) is 12.2 Å². The van der Waals surface area contributed by atoms with Crippen LogP contribution in [-0.4, -0.2) is 26.7 Å². The van der Waals surface area contributed by atoms with Gasteiger partial charge in [-0.2, -0.15) is 5.10 Å². The highest BCUT2D eigenvalue weighted by atomic mass is 16.3. The van der Waals surface area contributed by atoms with Crippen LogP contribution < -0.4 is 16.0 Å². The van der Waals surface area contributed by atoms with Gasteiger partial charge in [0.05, 0.1) is 18.0 Å². The minimum absolute atomic E-state index is 0.182. The Labute approximate surface area is 184 Å². The molecule has 3 amide bonds. The zero-order valence-corrected chi connectivity index (χ0v) is 17.4. The molecule has 0 fully saturated rings. The predicted octanol–water partition coefficient (Wildman–Crippen LogP) is 3.67. The minimum Gasteiger partial charge on any atom is -0.459 e. The first-order chi connectivity index (χ1) is 15.6. The monoisotopic (exact) mass is 430 g/mol. The lowest BCUT2D eigenvalue weighted by Gasteiger charge is -2.16. The van der Waals surface area contributed by atoms with Crippen LogP contribution >= 0.6 is 0 Å². The van der Waals surface area contributed by atoms with Gasteiger partial charge < -0.3 is 20.4 Å². The summed E-state index contributed by atoms with van der Waals surface area (Å²) in [6.07, 6.45) is 4.55. The summed E-state index contributed by atoms with van der Waals surface area (Å²) in [5, 5.41) is 12.6. The van der Waals surface area contributed by atoms with E-state index in [1.807, 2.05) is 43.3 Å². The van der Waals surface area contributed by atoms with E-state index in [4.69, 9.17) is 4.42 Å². The lowest BCUT2D eigenvalue weighted by Crippen LogP contribution is -2.36. The molecule has 0 saturated heterocycles. The van der Waals surface area contributed by atoms with Gasteiger partial charge in [-0.15, -0.1) is 0 Å². The second-order valence-corrected chi connectivity index (χ2v) is 7.11. The Morgan fingerprint density at radius 1 is 1.09 bits per heavy atom. The van der Waals surface area contributed by atoms with Gasteiger partial charge in [-0.05, 0) is 54.4 Å². The number of carbonyl (C=O) groups excluding carboxylic acids is 2. The van der Waals surface area contributed by atoms with Crippen molar-refractivity contribution in [3.05, 3.63) is 96.5 Å². The first-order valence-electron chi connectivity index (χ1n) is 10.0. The maximum Gasteiger partial charge on any atom is 0.315 e. The topological polar surface area (TPSA) is 114 Å². The van der Waals surface area contributed by atoms with E-state index in [1.54, 1.807) is 35.3 Å². The maximum absolute atomic E-state index is 12.3. The highest BCUT2D eigenvalue weighted by molar-refractivity contribution is 6.02.